The Balaban J connectivity index is 1.89. The summed E-state index contributed by atoms with van der Waals surface area (Å²) in [5.41, 5.74) is 2.78. The Morgan fingerprint density at radius 3 is 2.80 bits per heavy atom. The Morgan fingerprint density at radius 1 is 1.20 bits per heavy atom. The third-order valence-corrected chi connectivity index (χ3v) is 3.75. The van der Waals surface area contributed by atoms with E-state index in [1.165, 1.54) is 0 Å². The minimum absolute atomic E-state index is 0.0539. The number of hydrogen-bond acceptors (Lipinski definition) is 2. The lowest BCUT2D eigenvalue weighted by Crippen LogP contribution is -2.32. The summed E-state index contributed by atoms with van der Waals surface area (Å²) in [7, 11) is 0. The third kappa shape index (κ3) is 2.70. The number of rotatable bonds is 3. The minimum Gasteiger partial charge on any atom is -0.488 e. The van der Waals surface area contributed by atoms with Crippen LogP contribution in [0.3, 0.4) is 0 Å². The fraction of sp³-hybridized carbons (Fsp3) is 0.188. The second-order valence-corrected chi connectivity index (χ2v) is 5.63. The highest BCUT2D eigenvalue weighted by Crippen LogP contribution is 2.30. The molecule has 0 spiro atoms. The largest absolute Gasteiger partial charge is 0.488 e. The molecule has 0 radical (unpaired) electrons. The lowest BCUT2D eigenvalue weighted by atomic mass is 9.99. The second kappa shape index (κ2) is 5.67. The van der Waals surface area contributed by atoms with Crippen molar-refractivity contribution in [3.8, 4) is 5.75 Å². The van der Waals surface area contributed by atoms with Crippen LogP contribution in [0.25, 0.3) is 0 Å². The molecular formula is C16H14BrNO2. The fourth-order valence-corrected chi connectivity index (χ4v) is 2.82. The van der Waals surface area contributed by atoms with Crippen LogP contribution in [0.4, 0.5) is 0 Å². The summed E-state index contributed by atoms with van der Waals surface area (Å²) < 4.78 is 6.79. The van der Waals surface area contributed by atoms with E-state index in [-0.39, 0.29) is 5.91 Å². The summed E-state index contributed by atoms with van der Waals surface area (Å²) in [6, 6.07) is 13.8. The van der Waals surface area contributed by atoms with Gasteiger partial charge >= 0.3 is 0 Å². The van der Waals surface area contributed by atoms with Gasteiger partial charge in [0.25, 0.3) is 5.91 Å². The van der Waals surface area contributed by atoms with Crippen molar-refractivity contribution in [3.05, 3.63) is 63.6 Å². The van der Waals surface area contributed by atoms with Gasteiger partial charge < -0.3 is 10.1 Å². The molecule has 20 heavy (non-hydrogen) atoms. The molecule has 0 atom stereocenters. The van der Waals surface area contributed by atoms with E-state index in [1.807, 2.05) is 42.5 Å². The lowest BCUT2D eigenvalue weighted by Gasteiger charge is -2.20. The first-order chi connectivity index (χ1) is 9.74. The van der Waals surface area contributed by atoms with Crippen LogP contribution >= 0.6 is 15.9 Å². The Hall–Kier alpha value is -1.81. The summed E-state index contributed by atoms with van der Waals surface area (Å²) in [6.45, 7) is 1.14. The molecule has 102 valence electrons. The summed E-state index contributed by atoms with van der Waals surface area (Å²) in [5, 5.41) is 2.86. The molecule has 1 amide bonds. The number of ether oxygens (including phenoxy) is 1. The maximum atomic E-state index is 12.0. The van der Waals surface area contributed by atoms with Crippen LogP contribution in [0.5, 0.6) is 5.75 Å². The molecule has 0 saturated carbocycles. The second-order valence-electron chi connectivity index (χ2n) is 4.72. The molecule has 0 aromatic heterocycles. The number of carbonyl (C=O) groups is 1. The van der Waals surface area contributed by atoms with Gasteiger partial charge in [-0.1, -0.05) is 46.3 Å². The third-order valence-electron chi connectivity index (χ3n) is 3.29. The zero-order valence-corrected chi connectivity index (χ0v) is 12.4. The van der Waals surface area contributed by atoms with Crippen molar-refractivity contribution in [2.45, 2.75) is 13.0 Å². The van der Waals surface area contributed by atoms with E-state index in [0.717, 1.165) is 22.0 Å². The van der Waals surface area contributed by atoms with E-state index >= 15 is 0 Å². The highest BCUT2D eigenvalue weighted by molar-refractivity contribution is 9.10. The van der Waals surface area contributed by atoms with E-state index in [0.29, 0.717) is 24.5 Å². The van der Waals surface area contributed by atoms with E-state index in [1.54, 1.807) is 0 Å². The standard InChI is InChI=1S/C16H14BrNO2/c17-13-8-12-6-7-18-16(19)15(12)14(9-13)20-10-11-4-2-1-3-5-11/h1-5,8-9H,6-7,10H2,(H,18,19). The first kappa shape index (κ1) is 13.2. The van der Waals surface area contributed by atoms with Gasteiger partial charge in [0.1, 0.15) is 12.4 Å². The predicted molar refractivity (Wildman–Crippen MR) is 81.0 cm³/mol. The van der Waals surface area contributed by atoms with Crippen molar-refractivity contribution < 1.29 is 9.53 Å². The monoisotopic (exact) mass is 331 g/mol. The van der Waals surface area contributed by atoms with Crippen LogP contribution in [0.2, 0.25) is 0 Å². The van der Waals surface area contributed by atoms with Crippen molar-refractivity contribution in [2.24, 2.45) is 0 Å². The van der Waals surface area contributed by atoms with Crippen molar-refractivity contribution >= 4 is 21.8 Å². The number of hydrogen-bond donors (Lipinski definition) is 1. The van der Waals surface area contributed by atoms with Gasteiger partial charge in [0.2, 0.25) is 0 Å². The molecule has 1 aliphatic heterocycles. The Labute approximate surface area is 126 Å². The molecule has 4 heteroatoms. The molecule has 2 aromatic rings. The van der Waals surface area contributed by atoms with Gasteiger partial charge in [0.05, 0.1) is 5.56 Å². The van der Waals surface area contributed by atoms with Crippen LogP contribution in [0.1, 0.15) is 21.5 Å². The Morgan fingerprint density at radius 2 is 2.00 bits per heavy atom. The SMILES string of the molecule is O=C1NCCc2cc(Br)cc(OCc3ccccc3)c21. The summed E-state index contributed by atoms with van der Waals surface area (Å²) in [4.78, 5) is 12.0. The lowest BCUT2D eigenvalue weighted by molar-refractivity contribution is 0.0941. The molecule has 2 aromatic carbocycles. The number of benzene rings is 2. The summed E-state index contributed by atoms with van der Waals surface area (Å²) >= 11 is 3.48. The molecule has 3 nitrogen and oxygen atoms in total. The molecule has 1 heterocycles. The molecule has 3 rings (SSSR count). The Bertz CT molecular complexity index is 640. The van der Waals surface area contributed by atoms with Crippen molar-refractivity contribution in [3.63, 3.8) is 0 Å². The van der Waals surface area contributed by atoms with Gasteiger partial charge in [-0.25, -0.2) is 0 Å². The molecule has 1 aliphatic rings. The van der Waals surface area contributed by atoms with Crippen molar-refractivity contribution in [1.82, 2.24) is 5.32 Å². The quantitative estimate of drug-likeness (QED) is 0.936. The highest BCUT2D eigenvalue weighted by atomic mass is 79.9. The molecule has 0 unspecified atom stereocenters. The zero-order valence-electron chi connectivity index (χ0n) is 10.9. The van der Waals surface area contributed by atoms with E-state index < -0.39 is 0 Å². The fourth-order valence-electron chi connectivity index (χ4n) is 2.34. The van der Waals surface area contributed by atoms with E-state index in [9.17, 15) is 4.79 Å². The first-order valence-electron chi connectivity index (χ1n) is 6.51. The van der Waals surface area contributed by atoms with Gasteiger partial charge in [0.15, 0.2) is 0 Å². The van der Waals surface area contributed by atoms with Crippen LogP contribution in [-0.2, 0) is 13.0 Å². The predicted octanol–water partition coefficient (Wildman–Crippen LogP) is 3.31. The number of nitrogens with one attached hydrogen (secondary N) is 1. The average Bonchev–Trinajstić information content (AvgIpc) is 2.45. The van der Waals surface area contributed by atoms with E-state index in [2.05, 4.69) is 21.2 Å². The minimum atomic E-state index is -0.0539. The van der Waals surface area contributed by atoms with Gasteiger partial charge in [-0.15, -0.1) is 0 Å². The van der Waals surface area contributed by atoms with Crippen LogP contribution in [0.15, 0.2) is 46.9 Å². The summed E-state index contributed by atoms with van der Waals surface area (Å²) in [6.07, 6.45) is 0.836. The number of fused-ring (bicyclic) bond motifs is 1. The normalized spacial score (nSPS) is 13.6. The van der Waals surface area contributed by atoms with E-state index in [4.69, 9.17) is 4.74 Å². The smallest absolute Gasteiger partial charge is 0.255 e. The van der Waals surface area contributed by atoms with Gasteiger partial charge in [-0.05, 0) is 29.7 Å². The molecule has 0 aliphatic carbocycles. The van der Waals surface area contributed by atoms with Crippen molar-refractivity contribution in [1.29, 1.82) is 0 Å². The van der Waals surface area contributed by atoms with Crippen LogP contribution < -0.4 is 10.1 Å². The van der Waals surface area contributed by atoms with Crippen molar-refractivity contribution in [2.75, 3.05) is 6.54 Å². The summed E-state index contributed by atoms with van der Waals surface area (Å²) in [5.74, 6) is 0.581. The number of halogens is 1. The van der Waals surface area contributed by atoms with Gasteiger partial charge in [0, 0.05) is 11.0 Å². The van der Waals surface area contributed by atoms with Gasteiger partial charge in [-0.2, -0.15) is 0 Å². The first-order valence-corrected chi connectivity index (χ1v) is 7.30. The van der Waals surface area contributed by atoms with Crippen LogP contribution in [0, 0.1) is 0 Å². The Kier molecular flexibility index (Phi) is 3.74. The number of amides is 1. The highest BCUT2D eigenvalue weighted by Gasteiger charge is 2.22. The maximum Gasteiger partial charge on any atom is 0.255 e. The molecular weight excluding hydrogens is 318 g/mol. The average molecular weight is 332 g/mol. The van der Waals surface area contributed by atoms with Gasteiger partial charge in [-0.3, -0.25) is 4.79 Å². The molecule has 0 bridgehead atoms. The zero-order chi connectivity index (χ0) is 13.9. The molecule has 0 fully saturated rings. The maximum absolute atomic E-state index is 12.0. The molecule has 1 N–H and O–H groups in total. The van der Waals surface area contributed by atoms with Crippen LogP contribution in [-0.4, -0.2) is 12.5 Å². The molecule has 0 saturated heterocycles. The topological polar surface area (TPSA) is 38.3 Å². The number of carbonyl (C=O) groups excluding carboxylic acids is 1.